The highest BCUT2D eigenvalue weighted by molar-refractivity contribution is 7.15. The molecule has 0 aliphatic carbocycles. The van der Waals surface area contributed by atoms with E-state index in [0.29, 0.717) is 46.5 Å². The van der Waals surface area contributed by atoms with E-state index >= 15 is 0 Å². The predicted octanol–water partition coefficient (Wildman–Crippen LogP) is 5.14. The number of nitrogens with zero attached hydrogens (tertiary/aromatic N) is 4. The molecule has 0 saturated heterocycles. The van der Waals surface area contributed by atoms with Crippen molar-refractivity contribution in [1.29, 1.82) is 0 Å². The molecule has 11 nitrogen and oxygen atoms in total. The lowest BCUT2D eigenvalue weighted by atomic mass is 9.99. The van der Waals surface area contributed by atoms with Crippen LogP contribution >= 0.6 is 22.9 Å². The summed E-state index contributed by atoms with van der Waals surface area (Å²) in [7, 11) is 0. The summed E-state index contributed by atoms with van der Waals surface area (Å²) in [6.07, 6.45) is 0.729. The molecule has 0 spiro atoms. The van der Waals surface area contributed by atoms with Crippen LogP contribution in [0.4, 0.5) is 5.69 Å². The van der Waals surface area contributed by atoms with Gasteiger partial charge in [-0.15, -0.1) is 21.5 Å². The molecule has 2 aromatic carbocycles. The first-order valence-corrected chi connectivity index (χ1v) is 17.2. The molecular weight excluding hydrogens is 662 g/mol. The Labute approximate surface area is 294 Å². The van der Waals surface area contributed by atoms with Gasteiger partial charge in [-0.05, 0) is 69.5 Å². The number of fused-ring (bicyclic) bond motifs is 3. The molecule has 5 rings (SSSR count). The number of nitrogens with two attached hydrogens (primary N) is 1. The lowest BCUT2D eigenvalue weighted by molar-refractivity contribution is -0.142. The Hall–Kier alpha value is -4.83. The minimum atomic E-state index is -0.585. The number of hydrogen-bond donors (Lipinski definition) is 3. The molecule has 1 atom stereocenters. The van der Waals surface area contributed by atoms with Gasteiger partial charge in [0.1, 0.15) is 16.9 Å². The number of anilines is 1. The zero-order valence-electron chi connectivity index (χ0n) is 27.9. The van der Waals surface area contributed by atoms with Gasteiger partial charge < -0.3 is 21.1 Å². The summed E-state index contributed by atoms with van der Waals surface area (Å²) in [5.41, 5.74) is 11.1. The van der Waals surface area contributed by atoms with Crippen LogP contribution in [0.2, 0.25) is 5.02 Å². The van der Waals surface area contributed by atoms with Gasteiger partial charge in [-0.25, -0.2) is 0 Å². The number of amides is 2. The number of nitrogens with one attached hydrogen (secondary N) is 2. The fourth-order valence-corrected chi connectivity index (χ4v) is 6.86. The first-order valence-electron chi connectivity index (χ1n) is 16.0. The maximum absolute atomic E-state index is 13.3. The van der Waals surface area contributed by atoms with E-state index in [2.05, 4.69) is 46.5 Å². The summed E-state index contributed by atoms with van der Waals surface area (Å²) in [6, 6.07) is 12.1. The van der Waals surface area contributed by atoms with Gasteiger partial charge in [0.2, 0.25) is 11.8 Å². The number of esters is 1. The van der Waals surface area contributed by atoms with Crippen LogP contribution in [0.25, 0.3) is 5.00 Å². The molecule has 1 aliphatic rings. The smallest absolute Gasteiger partial charge is 0.310 e. The Kier molecular flexibility index (Phi) is 11.6. The zero-order valence-corrected chi connectivity index (χ0v) is 29.4. The number of aliphatic imine (C=N–C) groups is 1. The van der Waals surface area contributed by atoms with Crippen LogP contribution in [0, 0.1) is 32.6 Å². The quantitative estimate of drug-likeness (QED) is 0.111. The Morgan fingerprint density at radius 3 is 2.59 bits per heavy atom. The lowest BCUT2D eigenvalue weighted by Gasteiger charge is -2.13. The molecule has 4 aromatic rings. The maximum Gasteiger partial charge on any atom is 0.310 e. The number of benzene rings is 2. The number of halogens is 1. The largest absolute Gasteiger partial charge is 0.466 e. The second kappa shape index (κ2) is 16.0. The number of rotatable bonds is 11. The molecule has 2 aromatic heterocycles. The second-order valence-corrected chi connectivity index (χ2v) is 13.1. The minimum absolute atomic E-state index is 0.0547. The van der Waals surface area contributed by atoms with Gasteiger partial charge in [-0.3, -0.25) is 23.9 Å². The number of aryl methyl sites for hydroxylation is 2. The molecule has 1 aliphatic heterocycles. The van der Waals surface area contributed by atoms with Gasteiger partial charge in [0.05, 0.1) is 31.7 Å². The maximum atomic E-state index is 13.3. The Balaban J connectivity index is 1.23. The van der Waals surface area contributed by atoms with Gasteiger partial charge >= 0.3 is 5.97 Å². The zero-order chi connectivity index (χ0) is 35.1. The van der Waals surface area contributed by atoms with Gasteiger partial charge in [-0.2, -0.15) is 0 Å². The minimum Gasteiger partial charge on any atom is -0.466 e. The average Bonchev–Trinajstić information content (AvgIpc) is 3.55. The highest BCUT2D eigenvalue weighted by Crippen LogP contribution is 2.39. The van der Waals surface area contributed by atoms with Crippen LogP contribution in [0.5, 0.6) is 0 Å². The van der Waals surface area contributed by atoms with Crippen LogP contribution in [0.1, 0.15) is 76.6 Å². The molecule has 0 radical (unpaired) electrons. The Bertz CT molecular complexity index is 1970. The number of carbonyl (C=O) groups is 3. The van der Waals surface area contributed by atoms with Crippen molar-refractivity contribution in [3.8, 4) is 16.8 Å². The second-order valence-electron chi connectivity index (χ2n) is 11.5. The van der Waals surface area contributed by atoms with E-state index in [-0.39, 0.29) is 50.2 Å². The number of hydrogen-bond acceptors (Lipinski definition) is 9. The molecule has 3 heterocycles. The molecule has 2 amide bonds. The van der Waals surface area contributed by atoms with Crippen LogP contribution < -0.4 is 16.4 Å². The van der Waals surface area contributed by atoms with Crippen molar-refractivity contribution in [1.82, 2.24) is 20.1 Å². The highest BCUT2D eigenvalue weighted by Gasteiger charge is 2.32. The number of aromatic nitrogens is 3. The van der Waals surface area contributed by atoms with Crippen LogP contribution in [-0.4, -0.2) is 58.0 Å². The topological polar surface area (TPSA) is 154 Å². The first-order chi connectivity index (χ1) is 23.6. The fraction of sp³-hybridized carbons (Fsp3) is 0.333. The van der Waals surface area contributed by atoms with Crippen molar-refractivity contribution >= 4 is 52.1 Å². The third-order valence-corrected chi connectivity index (χ3v) is 9.44. The summed E-state index contributed by atoms with van der Waals surface area (Å²) in [5.74, 6) is 6.29. The van der Waals surface area contributed by atoms with E-state index in [4.69, 9.17) is 27.1 Å². The van der Waals surface area contributed by atoms with Crippen LogP contribution in [0.3, 0.4) is 0 Å². The molecule has 13 heteroatoms. The summed E-state index contributed by atoms with van der Waals surface area (Å²) in [4.78, 5) is 44.3. The van der Waals surface area contributed by atoms with Crippen molar-refractivity contribution in [2.75, 3.05) is 25.0 Å². The number of ether oxygens (including phenoxy) is 1. The third kappa shape index (κ3) is 8.43. The monoisotopic (exact) mass is 699 g/mol. The van der Waals surface area contributed by atoms with Gasteiger partial charge in [0.25, 0.3) is 0 Å². The van der Waals surface area contributed by atoms with Crippen molar-refractivity contribution in [3.63, 3.8) is 0 Å². The summed E-state index contributed by atoms with van der Waals surface area (Å²) < 4.78 is 7.06. The standard InChI is InChI=1S/C36H38ClN7O4S/c1-5-48-32(47)19-26-12-15-28(18-25(26)8-6-16-38)40-30(45)9-7-17-39-31(46)20-29-35-43-42-23(4)44(35)36-33(21(2)22(3)49-36)34(41-29)24-10-13-27(37)14-11-24/h10-15,18,29H,5,7,9,16-17,19-20,38H2,1-4H3,(H,39,46)(H,40,45)/t29-/m0/s1. The van der Waals surface area contributed by atoms with Crippen molar-refractivity contribution < 1.29 is 19.1 Å². The molecule has 0 unspecified atom stereocenters. The van der Waals surface area contributed by atoms with Gasteiger partial charge in [-0.1, -0.05) is 41.6 Å². The van der Waals surface area contributed by atoms with E-state index in [0.717, 1.165) is 32.3 Å². The van der Waals surface area contributed by atoms with E-state index in [1.54, 1.807) is 36.5 Å². The molecular formula is C36H38ClN7O4S. The van der Waals surface area contributed by atoms with Crippen LogP contribution in [-0.2, 0) is 25.5 Å². The number of carbonyl (C=O) groups excluding carboxylic acids is 3. The van der Waals surface area contributed by atoms with E-state index in [9.17, 15) is 14.4 Å². The molecule has 0 bridgehead atoms. The van der Waals surface area contributed by atoms with E-state index in [1.807, 2.05) is 35.8 Å². The third-order valence-electron chi connectivity index (χ3n) is 8.00. The predicted molar refractivity (Wildman–Crippen MR) is 191 cm³/mol. The van der Waals surface area contributed by atoms with Crippen molar-refractivity contribution in [2.45, 2.75) is 59.4 Å². The summed E-state index contributed by atoms with van der Waals surface area (Å²) in [5, 5.41) is 16.2. The highest BCUT2D eigenvalue weighted by atomic mass is 35.5. The van der Waals surface area contributed by atoms with Gasteiger partial charge in [0.15, 0.2) is 5.82 Å². The lowest BCUT2D eigenvalue weighted by Crippen LogP contribution is -2.27. The normalized spacial score (nSPS) is 13.3. The first kappa shape index (κ1) is 35.5. The Morgan fingerprint density at radius 2 is 1.86 bits per heavy atom. The molecule has 49 heavy (non-hydrogen) atoms. The van der Waals surface area contributed by atoms with E-state index in [1.165, 1.54) is 0 Å². The average molecular weight is 700 g/mol. The molecule has 254 valence electrons. The SMILES string of the molecule is CCOC(=O)Cc1ccc(NC(=O)CCCNC(=O)C[C@@H]2N=C(c3ccc(Cl)cc3)c3c(sc(C)c3C)-n3c(C)nnc32)cc1C#CCN. The summed E-state index contributed by atoms with van der Waals surface area (Å²) >= 11 is 7.85. The fourth-order valence-electron chi connectivity index (χ4n) is 5.52. The molecule has 4 N–H and O–H groups in total. The Morgan fingerprint density at radius 1 is 1.08 bits per heavy atom. The van der Waals surface area contributed by atoms with E-state index < -0.39 is 6.04 Å². The van der Waals surface area contributed by atoms with Crippen molar-refractivity contribution in [3.05, 3.63) is 91.8 Å². The number of thiophene rings is 1. The molecule has 0 fully saturated rings. The van der Waals surface area contributed by atoms with Gasteiger partial charge in [0, 0.05) is 45.2 Å². The summed E-state index contributed by atoms with van der Waals surface area (Å²) in [6.45, 7) is 8.55. The van der Waals surface area contributed by atoms with Crippen LogP contribution in [0.15, 0.2) is 47.5 Å². The van der Waals surface area contributed by atoms with Crippen molar-refractivity contribution in [2.24, 2.45) is 10.7 Å². The molecule has 0 saturated carbocycles.